The summed E-state index contributed by atoms with van der Waals surface area (Å²) in [5, 5.41) is 0. The summed E-state index contributed by atoms with van der Waals surface area (Å²) in [7, 11) is 0. The fourth-order valence-electron chi connectivity index (χ4n) is 0. The molecule has 0 saturated carbocycles. The molecule has 70 valence electrons. The topological polar surface area (TPSA) is 0 Å². The zero-order chi connectivity index (χ0) is 0. The van der Waals surface area contributed by atoms with Gasteiger partial charge in [0.25, 0.3) is 0 Å². The van der Waals surface area contributed by atoms with E-state index >= 15 is 0 Å². The van der Waals surface area contributed by atoms with Crippen LogP contribution < -0.4 is 0 Å². The molecule has 30 radical (unpaired) electrons. The Balaban J connectivity index is 0. The fourth-order valence-corrected chi connectivity index (χ4v) is 0. The predicted octanol–water partition coefficient (Wildman–Crippen LogP) is -7.41. The van der Waals surface area contributed by atoms with Gasteiger partial charge in [-0.2, -0.15) is 0 Å². The molecule has 0 heterocycles. The first-order chi connectivity index (χ1) is 0. The third kappa shape index (κ3) is 101. The molecule has 0 spiro atoms. The van der Waals surface area contributed by atoms with Crippen molar-refractivity contribution in [3.63, 3.8) is 0 Å². The molecule has 0 fully saturated rings. The zero-order valence-corrected chi connectivity index (χ0v) is 30.5. The van der Waals surface area contributed by atoms with Crippen molar-refractivity contribution in [2.24, 2.45) is 0 Å². The van der Waals surface area contributed by atoms with Gasteiger partial charge in [-0.25, -0.2) is 0 Å². The van der Waals surface area contributed by atoms with Crippen LogP contribution in [0.3, 0.4) is 0 Å². The average Bonchev–Trinajstić information content (AvgIpc) is 0. The van der Waals surface area contributed by atoms with E-state index in [-0.39, 0.29) is 289 Å². The third-order valence-electron chi connectivity index (χ3n) is 0. The summed E-state index contributed by atoms with van der Waals surface area (Å²) in [6.07, 6.45) is 0. The molecule has 0 unspecified atom stereocenters. The Kier molecular flexibility index (Phi) is 1120. The van der Waals surface area contributed by atoms with Gasteiger partial charge < -0.3 is 0 Å². The Hall–Kier alpha value is 9.31. The summed E-state index contributed by atoms with van der Waals surface area (Å²) in [6.45, 7) is 0. The van der Waals surface area contributed by atoms with Gasteiger partial charge >= 0.3 is 100 Å². The van der Waals surface area contributed by atoms with Crippen molar-refractivity contribution in [3.8, 4) is 0 Å². The second kappa shape index (κ2) is 117. The molecule has 0 nitrogen and oxygen atoms in total. The molecular formula is H12Al3Ga3In3Mn3Sb2. The van der Waals surface area contributed by atoms with Crippen LogP contribution in [0.15, 0.2) is 0 Å². The van der Waals surface area contributed by atoms with E-state index in [1.165, 1.54) is 0 Å². The first kappa shape index (κ1) is 134. The molecule has 0 aromatic rings. The molecule has 0 aromatic carbocycles. The maximum absolute atomic E-state index is 0. The van der Waals surface area contributed by atoms with Crippen molar-refractivity contribution >= 4 is 238 Å². The third-order valence-corrected chi connectivity index (χ3v) is 0. The zero-order valence-electron chi connectivity index (χ0n) is 6.33. The van der Waals surface area contributed by atoms with Gasteiger partial charge in [0.1, 0.15) is 0 Å². The van der Waals surface area contributed by atoms with Crippen LogP contribution in [0.4, 0.5) is 0 Å². The number of rotatable bonds is 0. The van der Waals surface area contributed by atoms with Gasteiger partial charge in [0.15, 0.2) is 0 Å². The molecule has 0 aromatic heterocycles. The SMILES string of the molecule is [Al].[Al].[Al].[Ga].[Ga].[Ga].[In].[In].[In].[Mn+2].[Mn+2].[Mn+2].[SbH6-3].[SbH6-3]. The molecule has 0 rings (SSSR count). The maximum atomic E-state index is 0. The Morgan fingerprint density at radius 3 is 0.357 bits per heavy atom. The van der Waals surface area contributed by atoms with Crippen molar-refractivity contribution in [2.45, 2.75) is 0 Å². The van der Waals surface area contributed by atoms with Crippen molar-refractivity contribution in [3.05, 3.63) is 0 Å². The van der Waals surface area contributed by atoms with Gasteiger partial charge in [0.05, 0.1) is 0 Å². The summed E-state index contributed by atoms with van der Waals surface area (Å²) in [4.78, 5) is 0. The van der Waals surface area contributed by atoms with Crippen LogP contribution in [0.25, 0.3) is 0 Å². The van der Waals surface area contributed by atoms with Gasteiger partial charge in [0, 0.05) is 189 Å². The van der Waals surface area contributed by atoms with E-state index in [4.69, 9.17) is 0 Å². The molecular weight excluding hydrogens is 1040 g/mol. The van der Waals surface area contributed by atoms with Gasteiger partial charge in [-0.1, -0.05) is 0 Å². The minimum absolute atomic E-state index is 0. The first-order valence-corrected chi connectivity index (χ1v) is 0. The van der Waals surface area contributed by atoms with E-state index in [2.05, 4.69) is 0 Å². The summed E-state index contributed by atoms with van der Waals surface area (Å²) < 4.78 is 0. The second-order valence-corrected chi connectivity index (χ2v) is 0. The molecule has 0 atom stereocenters. The average molecular weight is 1050 g/mol. The Bertz CT molecular complexity index is 32.3. The van der Waals surface area contributed by atoms with E-state index in [1.807, 2.05) is 0 Å². The Morgan fingerprint density at radius 2 is 0.357 bits per heavy atom. The molecule has 0 amide bonds. The summed E-state index contributed by atoms with van der Waals surface area (Å²) in [5.74, 6) is 0. The molecule has 14 heteroatoms. The molecule has 0 bridgehead atoms. The Morgan fingerprint density at radius 1 is 0.357 bits per heavy atom. The molecule has 0 saturated heterocycles. The van der Waals surface area contributed by atoms with Gasteiger partial charge in [-0.15, -0.1) is 0 Å². The molecule has 0 aliphatic rings. The number of hydrogen-bond acceptors (Lipinski definition) is 0. The van der Waals surface area contributed by atoms with Crippen molar-refractivity contribution in [1.82, 2.24) is 0 Å². The molecule has 0 N–H and O–H groups in total. The molecule has 14 heavy (non-hydrogen) atoms. The Labute approximate surface area is 281 Å². The van der Waals surface area contributed by atoms with Crippen LogP contribution in [0.2, 0.25) is 0 Å². The summed E-state index contributed by atoms with van der Waals surface area (Å²) in [5.41, 5.74) is 0. The van der Waals surface area contributed by atoms with Crippen LogP contribution in [-0.2, 0) is 51.2 Å². The normalized spacial score (nSPS) is 0. The van der Waals surface area contributed by atoms with E-state index < -0.39 is 0 Å². The van der Waals surface area contributed by atoms with Gasteiger partial charge in [0.2, 0.25) is 0 Å². The minimum atomic E-state index is 0. The molecule has 0 aliphatic carbocycles. The van der Waals surface area contributed by atoms with Crippen molar-refractivity contribution in [2.75, 3.05) is 0 Å². The van der Waals surface area contributed by atoms with Crippen molar-refractivity contribution in [1.29, 1.82) is 0 Å². The van der Waals surface area contributed by atoms with Crippen LogP contribution in [0.1, 0.15) is 0 Å². The van der Waals surface area contributed by atoms with Crippen LogP contribution in [-0.4, -0.2) is 238 Å². The van der Waals surface area contributed by atoms with Crippen LogP contribution in [0.5, 0.6) is 0 Å². The van der Waals surface area contributed by atoms with Crippen molar-refractivity contribution < 1.29 is 51.2 Å². The monoisotopic (exact) mass is 1050 g/mol. The van der Waals surface area contributed by atoms with Crippen LogP contribution in [0, 0.1) is 0 Å². The summed E-state index contributed by atoms with van der Waals surface area (Å²) in [6, 6.07) is 0. The van der Waals surface area contributed by atoms with Gasteiger partial charge in [-0.3, -0.25) is 0 Å². The van der Waals surface area contributed by atoms with E-state index in [9.17, 15) is 0 Å². The van der Waals surface area contributed by atoms with E-state index in [0.717, 1.165) is 0 Å². The quantitative estimate of drug-likeness (QED) is 0.212. The summed E-state index contributed by atoms with van der Waals surface area (Å²) >= 11 is 0. The predicted molar refractivity (Wildman–Crippen MR) is 80.0 cm³/mol. The van der Waals surface area contributed by atoms with Gasteiger partial charge in [-0.05, 0) is 0 Å². The van der Waals surface area contributed by atoms with E-state index in [1.54, 1.807) is 0 Å². The first-order valence-electron chi connectivity index (χ1n) is 0. The molecule has 0 aliphatic heterocycles. The number of hydrogen-bond donors (Lipinski definition) is 0. The van der Waals surface area contributed by atoms with Crippen LogP contribution >= 0.6 is 0 Å². The second-order valence-electron chi connectivity index (χ2n) is 0. The fraction of sp³-hybridized carbons (Fsp3) is 0. The standard InChI is InChI=1S/3Al.3Ga.3In.3Mn.2Sb.12H/q;;;;;;;;;3*+2;2*-3;;;;;;;;;;;;. The van der Waals surface area contributed by atoms with E-state index in [0.29, 0.717) is 0 Å².